The van der Waals surface area contributed by atoms with E-state index in [-0.39, 0.29) is 0 Å². The van der Waals surface area contributed by atoms with E-state index in [9.17, 15) is 0 Å². The Morgan fingerprint density at radius 3 is 2.54 bits per heavy atom. The Hall–Kier alpha value is 0.640. The molecule has 1 rings (SSSR count). The summed E-state index contributed by atoms with van der Waals surface area (Å²) in [7, 11) is 0. The van der Waals surface area contributed by atoms with Gasteiger partial charge in [0.05, 0.1) is 0 Å². The summed E-state index contributed by atoms with van der Waals surface area (Å²) in [5.74, 6) is 3.30. The third kappa shape index (κ3) is 4.60. The summed E-state index contributed by atoms with van der Waals surface area (Å²) in [5, 5.41) is 0.469. The molecule has 0 nitrogen and oxygen atoms in total. The van der Waals surface area contributed by atoms with Crippen molar-refractivity contribution in [2.75, 3.05) is 11.5 Å². The van der Waals surface area contributed by atoms with Crippen LogP contribution in [0.15, 0.2) is 0 Å². The Morgan fingerprint density at radius 2 is 1.92 bits per heavy atom. The minimum atomic E-state index is 0.469. The van der Waals surface area contributed by atoms with Crippen LogP contribution in [0.4, 0.5) is 0 Å². The van der Waals surface area contributed by atoms with E-state index in [1.165, 1.54) is 50.0 Å². The quantitative estimate of drug-likeness (QED) is 0.475. The van der Waals surface area contributed by atoms with Crippen LogP contribution >= 0.6 is 23.4 Å². The van der Waals surface area contributed by atoms with Crippen LogP contribution in [0.2, 0.25) is 0 Å². The molecule has 0 aromatic carbocycles. The highest BCUT2D eigenvalue weighted by Gasteiger charge is 2.24. The van der Waals surface area contributed by atoms with Gasteiger partial charge in [-0.25, -0.2) is 0 Å². The van der Waals surface area contributed by atoms with Gasteiger partial charge in [0.15, 0.2) is 0 Å². The van der Waals surface area contributed by atoms with E-state index in [2.05, 4.69) is 6.92 Å². The molecule has 0 N–H and O–H groups in total. The first-order valence-corrected chi connectivity index (χ1v) is 7.15. The van der Waals surface area contributed by atoms with Gasteiger partial charge in [-0.3, -0.25) is 0 Å². The van der Waals surface area contributed by atoms with Crippen molar-refractivity contribution >= 4 is 23.4 Å². The zero-order valence-electron chi connectivity index (χ0n) is 8.60. The van der Waals surface area contributed by atoms with Gasteiger partial charge in [0, 0.05) is 11.1 Å². The Labute approximate surface area is 91.8 Å². The molecule has 0 bridgehead atoms. The number of hydrogen-bond acceptors (Lipinski definition) is 1. The normalized spacial score (nSPS) is 28.2. The van der Waals surface area contributed by atoms with E-state index >= 15 is 0 Å². The third-order valence-corrected chi connectivity index (χ3v) is 4.75. The highest BCUT2D eigenvalue weighted by Crippen LogP contribution is 2.32. The maximum Gasteiger partial charge on any atom is 0.0462 e. The molecule has 78 valence electrons. The summed E-state index contributed by atoms with van der Waals surface area (Å²) in [6.45, 7) is 2.27. The van der Waals surface area contributed by atoms with Crippen LogP contribution in [-0.4, -0.2) is 16.9 Å². The summed E-state index contributed by atoms with van der Waals surface area (Å²) in [5.41, 5.74) is 0. The number of hydrogen-bond donors (Lipinski definition) is 0. The number of alkyl halides is 1. The lowest BCUT2D eigenvalue weighted by molar-refractivity contribution is 0.499. The van der Waals surface area contributed by atoms with Gasteiger partial charge in [-0.15, -0.1) is 11.6 Å². The van der Waals surface area contributed by atoms with Crippen molar-refractivity contribution in [2.45, 2.75) is 50.8 Å². The first-order chi connectivity index (χ1) is 6.34. The van der Waals surface area contributed by atoms with Gasteiger partial charge in [0.25, 0.3) is 0 Å². The zero-order valence-corrected chi connectivity index (χ0v) is 10.2. The summed E-state index contributed by atoms with van der Waals surface area (Å²) in [6, 6.07) is 0. The number of halogens is 1. The molecule has 0 radical (unpaired) electrons. The van der Waals surface area contributed by atoms with Gasteiger partial charge in [0.2, 0.25) is 0 Å². The molecule has 1 aliphatic heterocycles. The Balaban J connectivity index is 1.93. The lowest BCUT2D eigenvalue weighted by atomic mass is 10.00. The molecule has 0 amide bonds. The van der Waals surface area contributed by atoms with Crippen molar-refractivity contribution in [1.29, 1.82) is 0 Å². The second-order valence-corrected chi connectivity index (χ2v) is 5.65. The SMILES string of the molecule is CCCCCCCC1CSCC1Cl. The molecule has 1 saturated heterocycles. The molecule has 0 saturated carbocycles. The van der Waals surface area contributed by atoms with E-state index < -0.39 is 0 Å². The lowest BCUT2D eigenvalue weighted by Gasteiger charge is -2.11. The molecule has 2 heteroatoms. The minimum Gasteiger partial charge on any atom is -0.160 e. The average molecular weight is 221 g/mol. The van der Waals surface area contributed by atoms with E-state index in [1.54, 1.807) is 0 Å². The van der Waals surface area contributed by atoms with Crippen LogP contribution < -0.4 is 0 Å². The fourth-order valence-corrected chi connectivity index (χ4v) is 3.77. The molecule has 0 aliphatic carbocycles. The smallest absolute Gasteiger partial charge is 0.0462 e. The first kappa shape index (κ1) is 11.7. The van der Waals surface area contributed by atoms with Gasteiger partial charge in [-0.2, -0.15) is 11.8 Å². The van der Waals surface area contributed by atoms with E-state index in [1.807, 2.05) is 11.8 Å². The van der Waals surface area contributed by atoms with Crippen molar-refractivity contribution < 1.29 is 0 Å². The number of unbranched alkanes of at least 4 members (excludes halogenated alkanes) is 4. The maximum atomic E-state index is 6.20. The molecular weight excluding hydrogens is 200 g/mol. The molecule has 0 aromatic heterocycles. The lowest BCUT2D eigenvalue weighted by Crippen LogP contribution is -2.11. The van der Waals surface area contributed by atoms with Gasteiger partial charge in [0.1, 0.15) is 0 Å². The Bertz CT molecular complexity index is 127. The molecule has 1 heterocycles. The summed E-state index contributed by atoms with van der Waals surface area (Å²) < 4.78 is 0. The Morgan fingerprint density at radius 1 is 1.15 bits per heavy atom. The standard InChI is InChI=1S/C11H21ClS/c1-2-3-4-5-6-7-10-8-13-9-11(10)12/h10-11H,2-9H2,1H3. The first-order valence-electron chi connectivity index (χ1n) is 5.56. The van der Waals surface area contributed by atoms with Crippen LogP contribution in [0.1, 0.15) is 45.4 Å². The zero-order chi connectivity index (χ0) is 9.52. The van der Waals surface area contributed by atoms with Crippen LogP contribution in [0, 0.1) is 5.92 Å². The number of thioether (sulfide) groups is 1. The van der Waals surface area contributed by atoms with Crippen molar-refractivity contribution in [3.8, 4) is 0 Å². The van der Waals surface area contributed by atoms with Gasteiger partial charge < -0.3 is 0 Å². The number of rotatable bonds is 6. The highest BCUT2D eigenvalue weighted by molar-refractivity contribution is 7.99. The average Bonchev–Trinajstić information content (AvgIpc) is 2.52. The van der Waals surface area contributed by atoms with Gasteiger partial charge in [-0.05, 0) is 18.1 Å². The second-order valence-electron chi connectivity index (χ2n) is 4.02. The highest BCUT2D eigenvalue weighted by atomic mass is 35.5. The van der Waals surface area contributed by atoms with Gasteiger partial charge >= 0.3 is 0 Å². The van der Waals surface area contributed by atoms with Crippen molar-refractivity contribution in [1.82, 2.24) is 0 Å². The van der Waals surface area contributed by atoms with Gasteiger partial charge in [-0.1, -0.05) is 39.0 Å². The maximum absolute atomic E-state index is 6.20. The van der Waals surface area contributed by atoms with Crippen molar-refractivity contribution in [2.24, 2.45) is 5.92 Å². The summed E-state index contributed by atoms with van der Waals surface area (Å²) in [6.07, 6.45) is 8.35. The monoisotopic (exact) mass is 220 g/mol. The minimum absolute atomic E-state index is 0.469. The molecular formula is C11H21ClS. The second kappa shape index (κ2) is 7.00. The third-order valence-electron chi connectivity index (χ3n) is 2.80. The molecule has 2 atom stereocenters. The molecule has 13 heavy (non-hydrogen) atoms. The van der Waals surface area contributed by atoms with Crippen LogP contribution in [0.5, 0.6) is 0 Å². The summed E-state index contributed by atoms with van der Waals surface area (Å²) >= 11 is 8.22. The Kier molecular flexibility index (Phi) is 6.31. The van der Waals surface area contributed by atoms with Crippen molar-refractivity contribution in [3.05, 3.63) is 0 Å². The van der Waals surface area contributed by atoms with E-state index in [0.717, 1.165) is 5.92 Å². The predicted octanol–water partition coefficient (Wildman–Crippen LogP) is 4.32. The molecule has 1 fully saturated rings. The topological polar surface area (TPSA) is 0 Å². The van der Waals surface area contributed by atoms with Crippen LogP contribution in [0.3, 0.4) is 0 Å². The fourth-order valence-electron chi connectivity index (χ4n) is 1.85. The van der Waals surface area contributed by atoms with Crippen LogP contribution in [0.25, 0.3) is 0 Å². The largest absolute Gasteiger partial charge is 0.160 e. The molecule has 2 unspecified atom stereocenters. The molecule has 0 aromatic rings. The van der Waals surface area contributed by atoms with E-state index in [4.69, 9.17) is 11.6 Å². The van der Waals surface area contributed by atoms with E-state index in [0.29, 0.717) is 5.38 Å². The summed E-state index contributed by atoms with van der Waals surface area (Å²) in [4.78, 5) is 0. The molecule has 0 spiro atoms. The molecule has 1 aliphatic rings. The predicted molar refractivity (Wildman–Crippen MR) is 63.8 cm³/mol. The van der Waals surface area contributed by atoms with Crippen molar-refractivity contribution in [3.63, 3.8) is 0 Å². The fraction of sp³-hybridized carbons (Fsp3) is 1.00. The van der Waals surface area contributed by atoms with Crippen LogP contribution in [-0.2, 0) is 0 Å².